The number of H-pyrrole nitrogens is 1. The highest BCUT2D eigenvalue weighted by atomic mass is 31.0. The number of nitrogens with zero attached hydrogens (tertiary/aromatic N) is 2. The lowest BCUT2D eigenvalue weighted by Gasteiger charge is -1.78. The van der Waals surface area contributed by atoms with Gasteiger partial charge in [0.15, 0.2) is 0 Å². The largest absolute Gasteiger partial charge is 0.197 e. The molecule has 2 rings (SSSR count). The van der Waals surface area contributed by atoms with Crippen LogP contribution in [0.5, 0.6) is 0 Å². The van der Waals surface area contributed by atoms with Crippen LogP contribution in [-0.4, -0.2) is 15.4 Å². The first kappa shape index (κ1) is 7.16. The van der Waals surface area contributed by atoms with Crippen LogP contribution in [0.25, 0.3) is 11.0 Å². The van der Waals surface area contributed by atoms with E-state index < -0.39 is 0 Å². The summed E-state index contributed by atoms with van der Waals surface area (Å²) in [5, 5.41) is 10.3. The van der Waals surface area contributed by atoms with Gasteiger partial charge < -0.3 is 0 Å². The zero-order chi connectivity index (χ0) is 6.10. The standard InChI is InChI=1S/C6H5N3.H3P/c1-2-4-6-5(3-1)7-9-8-6;/h1-4H,(H,7,8,9);1H3. The number of aromatic nitrogens is 3. The molecule has 1 aromatic heterocycles. The molecular formula is C6H8N3P. The quantitative estimate of drug-likeness (QED) is 0.574. The topological polar surface area (TPSA) is 41.6 Å². The predicted octanol–water partition coefficient (Wildman–Crippen LogP) is 1.02. The maximum Gasteiger partial charge on any atom is 0.112 e. The van der Waals surface area contributed by atoms with E-state index in [0.29, 0.717) is 0 Å². The number of fused-ring (bicyclic) bond motifs is 1. The van der Waals surface area contributed by atoms with Gasteiger partial charge >= 0.3 is 0 Å². The molecule has 3 nitrogen and oxygen atoms in total. The van der Waals surface area contributed by atoms with Gasteiger partial charge in [-0.15, -0.1) is 0 Å². The Bertz CT molecular complexity index is 287. The Morgan fingerprint density at radius 2 is 1.50 bits per heavy atom. The zero-order valence-electron chi connectivity index (χ0n) is 5.41. The van der Waals surface area contributed by atoms with Gasteiger partial charge in [-0.25, -0.2) is 0 Å². The minimum Gasteiger partial charge on any atom is -0.197 e. The molecule has 0 bridgehead atoms. The molecule has 0 fully saturated rings. The molecule has 0 saturated carbocycles. The van der Waals surface area contributed by atoms with E-state index in [1.54, 1.807) is 0 Å². The van der Waals surface area contributed by atoms with Crippen molar-refractivity contribution in [1.82, 2.24) is 15.4 Å². The molecular weight excluding hydrogens is 145 g/mol. The van der Waals surface area contributed by atoms with Crippen molar-refractivity contribution in [2.45, 2.75) is 0 Å². The number of rotatable bonds is 0. The summed E-state index contributed by atoms with van der Waals surface area (Å²) in [6, 6.07) is 7.70. The molecule has 1 aromatic carbocycles. The van der Waals surface area contributed by atoms with Crippen molar-refractivity contribution in [2.75, 3.05) is 0 Å². The third kappa shape index (κ3) is 1.00. The van der Waals surface area contributed by atoms with Crippen LogP contribution >= 0.6 is 9.90 Å². The van der Waals surface area contributed by atoms with Crippen molar-refractivity contribution < 1.29 is 0 Å². The van der Waals surface area contributed by atoms with E-state index in [9.17, 15) is 0 Å². The number of hydrogen-bond donors (Lipinski definition) is 1. The average molecular weight is 153 g/mol. The molecule has 1 N–H and O–H groups in total. The fraction of sp³-hybridized carbons (Fsp3) is 0. The van der Waals surface area contributed by atoms with E-state index >= 15 is 0 Å². The van der Waals surface area contributed by atoms with Gasteiger partial charge in [0, 0.05) is 0 Å². The fourth-order valence-corrected chi connectivity index (χ4v) is 0.786. The SMILES string of the molecule is P.c1ccc2n[nH]nc2c1. The highest BCUT2D eigenvalue weighted by molar-refractivity contribution is 6.92. The minimum atomic E-state index is 0. The van der Waals surface area contributed by atoms with E-state index in [1.165, 1.54) is 0 Å². The molecule has 0 spiro atoms. The molecule has 10 heavy (non-hydrogen) atoms. The summed E-state index contributed by atoms with van der Waals surface area (Å²) in [4.78, 5) is 0. The monoisotopic (exact) mass is 153 g/mol. The molecule has 4 heteroatoms. The summed E-state index contributed by atoms with van der Waals surface area (Å²) >= 11 is 0. The molecule has 0 saturated heterocycles. The zero-order valence-corrected chi connectivity index (χ0v) is 6.83. The summed E-state index contributed by atoms with van der Waals surface area (Å²) < 4.78 is 0. The van der Waals surface area contributed by atoms with Gasteiger partial charge in [0.05, 0.1) is 0 Å². The summed E-state index contributed by atoms with van der Waals surface area (Å²) in [7, 11) is 0. The normalized spacial score (nSPS) is 9.20. The van der Waals surface area contributed by atoms with Crippen LogP contribution in [0.3, 0.4) is 0 Å². The Balaban J connectivity index is 0.000000500. The molecule has 0 radical (unpaired) electrons. The smallest absolute Gasteiger partial charge is 0.112 e. The Hall–Kier alpha value is -0.950. The van der Waals surface area contributed by atoms with Crippen molar-refractivity contribution in [3.8, 4) is 0 Å². The van der Waals surface area contributed by atoms with Crippen molar-refractivity contribution in [3.05, 3.63) is 24.3 Å². The summed E-state index contributed by atoms with van der Waals surface area (Å²) in [6.45, 7) is 0. The number of benzene rings is 1. The van der Waals surface area contributed by atoms with Crippen LogP contribution in [0.4, 0.5) is 0 Å². The van der Waals surface area contributed by atoms with Crippen LogP contribution in [0.15, 0.2) is 24.3 Å². The van der Waals surface area contributed by atoms with E-state index in [-0.39, 0.29) is 9.90 Å². The third-order valence-corrected chi connectivity index (χ3v) is 1.22. The molecule has 0 aliphatic rings. The molecule has 0 aliphatic heterocycles. The fourth-order valence-electron chi connectivity index (χ4n) is 0.786. The van der Waals surface area contributed by atoms with E-state index in [4.69, 9.17) is 0 Å². The lowest BCUT2D eigenvalue weighted by Crippen LogP contribution is -1.63. The Morgan fingerprint density at radius 3 is 2.00 bits per heavy atom. The number of nitrogens with one attached hydrogen (secondary N) is 1. The Kier molecular flexibility index (Phi) is 1.97. The third-order valence-electron chi connectivity index (χ3n) is 1.22. The van der Waals surface area contributed by atoms with E-state index in [0.717, 1.165) is 11.0 Å². The Morgan fingerprint density at radius 1 is 1.00 bits per heavy atom. The van der Waals surface area contributed by atoms with E-state index in [2.05, 4.69) is 15.4 Å². The number of hydrogen-bond acceptors (Lipinski definition) is 2. The van der Waals surface area contributed by atoms with Crippen LogP contribution in [0.1, 0.15) is 0 Å². The van der Waals surface area contributed by atoms with Crippen molar-refractivity contribution >= 4 is 20.9 Å². The lowest BCUT2D eigenvalue weighted by atomic mass is 10.3. The van der Waals surface area contributed by atoms with Gasteiger partial charge in [-0.3, -0.25) is 0 Å². The number of aromatic amines is 1. The molecule has 52 valence electrons. The van der Waals surface area contributed by atoms with Gasteiger partial charge in [0.25, 0.3) is 0 Å². The summed E-state index contributed by atoms with van der Waals surface area (Å²) in [5.41, 5.74) is 1.83. The molecule has 1 unspecified atom stereocenters. The van der Waals surface area contributed by atoms with Gasteiger partial charge in [-0.2, -0.15) is 25.3 Å². The van der Waals surface area contributed by atoms with Crippen LogP contribution in [0.2, 0.25) is 0 Å². The van der Waals surface area contributed by atoms with Crippen LogP contribution in [-0.2, 0) is 0 Å². The molecule has 0 amide bonds. The molecule has 1 atom stereocenters. The molecule has 0 aliphatic carbocycles. The maximum atomic E-state index is 3.88. The maximum absolute atomic E-state index is 3.88. The predicted molar refractivity (Wildman–Crippen MR) is 45.0 cm³/mol. The van der Waals surface area contributed by atoms with Crippen molar-refractivity contribution in [1.29, 1.82) is 0 Å². The lowest BCUT2D eigenvalue weighted by molar-refractivity contribution is 0.959. The highest BCUT2D eigenvalue weighted by Crippen LogP contribution is 2.03. The second-order valence-corrected chi connectivity index (χ2v) is 1.81. The van der Waals surface area contributed by atoms with E-state index in [1.807, 2.05) is 24.3 Å². The van der Waals surface area contributed by atoms with Gasteiger partial charge in [-0.05, 0) is 12.1 Å². The Labute approximate surface area is 61.4 Å². The first-order valence-corrected chi connectivity index (χ1v) is 2.72. The van der Waals surface area contributed by atoms with Crippen LogP contribution in [0, 0.1) is 0 Å². The highest BCUT2D eigenvalue weighted by Gasteiger charge is 1.90. The minimum absolute atomic E-state index is 0. The first-order chi connectivity index (χ1) is 4.47. The molecule has 1 heterocycles. The van der Waals surface area contributed by atoms with Crippen molar-refractivity contribution in [3.63, 3.8) is 0 Å². The van der Waals surface area contributed by atoms with Gasteiger partial charge in [-0.1, -0.05) is 12.1 Å². The summed E-state index contributed by atoms with van der Waals surface area (Å²) in [6.07, 6.45) is 0. The van der Waals surface area contributed by atoms with Crippen molar-refractivity contribution in [2.24, 2.45) is 0 Å². The molecule has 2 aromatic rings. The second-order valence-electron chi connectivity index (χ2n) is 1.81. The second kappa shape index (κ2) is 2.76. The average Bonchev–Trinajstić information content (AvgIpc) is 2.33. The first-order valence-electron chi connectivity index (χ1n) is 2.72. The van der Waals surface area contributed by atoms with Crippen LogP contribution < -0.4 is 0 Å². The number of para-hydroxylation sites is 2. The summed E-state index contributed by atoms with van der Waals surface area (Å²) in [5.74, 6) is 0. The van der Waals surface area contributed by atoms with Gasteiger partial charge in [0.2, 0.25) is 0 Å². The van der Waals surface area contributed by atoms with Gasteiger partial charge in [0.1, 0.15) is 11.0 Å².